The first-order valence-electron chi connectivity index (χ1n) is 7.29. The van der Waals surface area contributed by atoms with Gasteiger partial charge in [0.05, 0.1) is 7.11 Å². The Morgan fingerprint density at radius 3 is 2.63 bits per heavy atom. The molecular formula is C16H26N2O. The fourth-order valence-corrected chi connectivity index (χ4v) is 2.45. The van der Waals surface area contributed by atoms with E-state index < -0.39 is 0 Å². The largest absolute Gasteiger partial charge is 0.496 e. The number of rotatable bonds is 8. The molecule has 0 atom stereocenters. The monoisotopic (exact) mass is 262 g/mol. The van der Waals surface area contributed by atoms with E-state index in [0.717, 1.165) is 37.8 Å². The first-order valence-corrected chi connectivity index (χ1v) is 7.29. The molecule has 1 aliphatic carbocycles. The molecule has 3 nitrogen and oxygen atoms in total. The van der Waals surface area contributed by atoms with Crippen molar-refractivity contribution >= 4 is 0 Å². The minimum absolute atomic E-state index is 0.807. The molecule has 2 N–H and O–H groups in total. The summed E-state index contributed by atoms with van der Waals surface area (Å²) >= 11 is 0. The number of nitrogens with one attached hydrogen (secondary N) is 2. The molecule has 1 aliphatic rings. The van der Waals surface area contributed by atoms with Crippen LogP contribution in [0.5, 0.6) is 5.75 Å². The van der Waals surface area contributed by atoms with Gasteiger partial charge in [-0.05, 0) is 62.4 Å². The van der Waals surface area contributed by atoms with Crippen molar-refractivity contribution < 1.29 is 4.74 Å². The Hall–Kier alpha value is -1.06. The van der Waals surface area contributed by atoms with E-state index in [4.69, 9.17) is 4.74 Å². The molecule has 0 aliphatic heterocycles. The maximum atomic E-state index is 5.48. The van der Waals surface area contributed by atoms with Crippen LogP contribution in [-0.2, 0) is 6.42 Å². The highest BCUT2D eigenvalue weighted by atomic mass is 16.5. The van der Waals surface area contributed by atoms with Crippen molar-refractivity contribution in [2.24, 2.45) is 0 Å². The van der Waals surface area contributed by atoms with Gasteiger partial charge in [-0.1, -0.05) is 6.07 Å². The van der Waals surface area contributed by atoms with E-state index in [1.165, 1.54) is 29.5 Å². The van der Waals surface area contributed by atoms with Crippen molar-refractivity contribution in [2.45, 2.75) is 39.2 Å². The third-order valence-electron chi connectivity index (χ3n) is 3.66. The van der Waals surface area contributed by atoms with Crippen LogP contribution in [-0.4, -0.2) is 32.8 Å². The third kappa shape index (κ3) is 4.51. The smallest absolute Gasteiger partial charge is 0.122 e. The fourth-order valence-electron chi connectivity index (χ4n) is 2.45. The molecule has 0 aromatic heterocycles. The van der Waals surface area contributed by atoms with Crippen LogP contribution < -0.4 is 15.4 Å². The van der Waals surface area contributed by atoms with Crippen LogP contribution in [0.1, 0.15) is 29.5 Å². The van der Waals surface area contributed by atoms with Gasteiger partial charge in [0.1, 0.15) is 5.75 Å². The molecule has 1 aromatic carbocycles. The molecule has 1 saturated carbocycles. The third-order valence-corrected chi connectivity index (χ3v) is 3.66. The van der Waals surface area contributed by atoms with Gasteiger partial charge in [-0.2, -0.15) is 0 Å². The Morgan fingerprint density at radius 1 is 1.16 bits per heavy atom. The van der Waals surface area contributed by atoms with E-state index in [1.54, 1.807) is 7.11 Å². The number of hydrogen-bond acceptors (Lipinski definition) is 3. The quantitative estimate of drug-likeness (QED) is 0.705. The highest BCUT2D eigenvalue weighted by Crippen LogP contribution is 2.24. The topological polar surface area (TPSA) is 33.3 Å². The molecule has 0 bridgehead atoms. The lowest BCUT2D eigenvalue weighted by molar-refractivity contribution is 0.408. The van der Waals surface area contributed by atoms with Gasteiger partial charge in [-0.3, -0.25) is 0 Å². The van der Waals surface area contributed by atoms with Gasteiger partial charge in [0.15, 0.2) is 0 Å². The number of ether oxygens (including phenoxy) is 1. The average molecular weight is 262 g/mol. The fraction of sp³-hybridized carbons (Fsp3) is 0.625. The molecule has 3 heteroatoms. The zero-order valence-electron chi connectivity index (χ0n) is 12.4. The first-order chi connectivity index (χ1) is 9.20. The van der Waals surface area contributed by atoms with Crippen LogP contribution in [0.2, 0.25) is 0 Å². The lowest BCUT2D eigenvalue weighted by Gasteiger charge is -2.13. The molecule has 0 heterocycles. The summed E-state index contributed by atoms with van der Waals surface area (Å²) in [6.07, 6.45) is 3.75. The standard InChI is InChI=1S/C16H26N2O/c1-12-10-13(2)15(16(11-12)19-3)6-7-17-8-9-18-14-4-5-14/h10-11,14,17-18H,4-9H2,1-3H3. The molecule has 19 heavy (non-hydrogen) atoms. The maximum absolute atomic E-state index is 5.48. The van der Waals surface area contributed by atoms with E-state index >= 15 is 0 Å². The van der Waals surface area contributed by atoms with Crippen LogP contribution in [0.4, 0.5) is 0 Å². The summed E-state index contributed by atoms with van der Waals surface area (Å²) in [6, 6.07) is 5.16. The molecule has 0 unspecified atom stereocenters. The number of methoxy groups -OCH3 is 1. The van der Waals surface area contributed by atoms with E-state index in [1.807, 2.05) is 0 Å². The lowest BCUT2D eigenvalue weighted by Crippen LogP contribution is -2.29. The predicted molar refractivity (Wildman–Crippen MR) is 80.1 cm³/mol. The van der Waals surface area contributed by atoms with Crippen molar-refractivity contribution in [3.63, 3.8) is 0 Å². The van der Waals surface area contributed by atoms with Crippen molar-refractivity contribution in [3.05, 3.63) is 28.8 Å². The number of aryl methyl sites for hydroxylation is 2. The minimum atomic E-state index is 0.807. The normalized spacial score (nSPS) is 14.7. The van der Waals surface area contributed by atoms with Crippen molar-refractivity contribution in [3.8, 4) is 5.75 Å². The Balaban J connectivity index is 1.74. The van der Waals surface area contributed by atoms with Crippen molar-refractivity contribution in [2.75, 3.05) is 26.7 Å². The molecule has 2 rings (SSSR count). The van der Waals surface area contributed by atoms with Crippen molar-refractivity contribution in [1.29, 1.82) is 0 Å². The first kappa shape index (κ1) is 14.4. The molecule has 0 spiro atoms. The number of benzene rings is 1. The summed E-state index contributed by atoms with van der Waals surface area (Å²) in [4.78, 5) is 0. The lowest BCUT2D eigenvalue weighted by atomic mass is 10.0. The summed E-state index contributed by atoms with van der Waals surface area (Å²) in [7, 11) is 1.75. The van der Waals surface area contributed by atoms with E-state index in [2.05, 4.69) is 36.6 Å². The van der Waals surface area contributed by atoms with E-state index in [0.29, 0.717) is 0 Å². The van der Waals surface area contributed by atoms with Crippen molar-refractivity contribution in [1.82, 2.24) is 10.6 Å². The summed E-state index contributed by atoms with van der Waals surface area (Å²) < 4.78 is 5.48. The van der Waals surface area contributed by atoms with Gasteiger partial charge < -0.3 is 15.4 Å². The highest BCUT2D eigenvalue weighted by Gasteiger charge is 2.19. The zero-order chi connectivity index (χ0) is 13.7. The van der Waals surface area contributed by atoms with Gasteiger partial charge in [-0.15, -0.1) is 0 Å². The van der Waals surface area contributed by atoms with Gasteiger partial charge >= 0.3 is 0 Å². The van der Waals surface area contributed by atoms with E-state index in [9.17, 15) is 0 Å². The Bertz CT molecular complexity index is 413. The highest BCUT2D eigenvalue weighted by molar-refractivity contribution is 5.43. The summed E-state index contributed by atoms with van der Waals surface area (Å²) in [5.41, 5.74) is 3.92. The molecular weight excluding hydrogens is 236 g/mol. The predicted octanol–water partition coefficient (Wildman–Crippen LogP) is 2.20. The maximum Gasteiger partial charge on any atom is 0.122 e. The van der Waals surface area contributed by atoms with Crippen LogP contribution in [0.15, 0.2) is 12.1 Å². The second kappa shape index (κ2) is 6.92. The molecule has 0 amide bonds. The van der Waals surface area contributed by atoms with Gasteiger partial charge in [0, 0.05) is 19.1 Å². The van der Waals surface area contributed by atoms with Gasteiger partial charge in [0.2, 0.25) is 0 Å². The van der Waals surface area contributed by atoms with Crippen LogP contribution in [0.3, 0.4) is 0 Å². The Labute approximate surface area is 116 Å². The van der Waals surface area contributed by atoms with Gasteiger partial charge in [0.25, 0.3) is 0 Å². The van der Waals surface area contributed by atoms with Gasteiger partial charge in [-0.25, -0.2) is 0 Å². The van der Waals surface area contributed by atoms with Crippen LogP contribution in [0.25, 0.3) is 0 Å². The average Bonchev–Trinajstić information content (AvgIpc) is 3.19. The minimum Gasteiger partial charge on any atom is -0.496 e. The molecule has 1 fully saturated rings. The second-order valence-corrected chi connectivity index (χ2v) is 5.49. The van der Waals surface area contributed by atoms with E-state index in [-0.39, 0.29) is 0 Å². The number of hydrogen-bond donors (Lipinski definition) is 2. The molecule has 106 valence electrons. The Kier molecular flexibility index (Phi) is 5.23. The molecule has 0 radical (unpaired) electrons. The summed E-state index contributed by atoms with van der Waals surface area (Å²) in [6.45, 7) is 7.41. The molecule has 1 aromatic rings. The molecule has 0 saturated heterocycles. The SMILES string of the molecule is COc1cc(C)cc(C)c1CCNCCNC1CC1. The van der Waals surface area contributed by atoms with Crippen LogP contribution >= 0.6 is 0 Å². The summed E-state index contributed by atoms with van der Waals surface area (Å²) in [5, 5.41) is 7.00. The zero-order valence-corrected chi connectivity index (χ0v) is 12.4. The van der Waals surface area contributed by atoms with Crippen LogP contribution in [0, 0.1) is 13.8 Å². The summed E-state index contributed by atoms with van der Waals surface area (Å²) in [5.74, 6) is 1.02. The Morgan fingerprint density at radius 2 is 1.95 bits per heavy atom. The second-order valence-electron chi connectivity index (χ2n) is 5.49.